The summed E-state index contributed by atoms with van der Waals surface area (Å²) in [5.74, 6) is -1.01. The molecule has 0 aromatic heterocycles. The van der Waals surface area contributed by atoms with Gasteiger partial charge in [-0.1, -0.05) is 26.2 Å². The summed E-state index contributed by atoms with van der Waals surface area (Å²) in [6.45, 7) is 3.62. The third-order valence-electron chi connectivity index (χ3n) is 4.40. The van der Waals surface area contributed by atoms with Gasteiger partial charge in [-0.05, 0) is 18.3 Å². The predicted molar refractivity (Wildman–Crippen MR) is 73.5 cm³/mol. The number of carbonyl (C=O) groups is 2. The highest BCUT2D eigenvalue weighted by atomic mass is 16.5. The molecule has 0 radical (unpaired) electrons. The van der Waals surface area contributed by atoms with Gasteiger partial charge in [0.25, 0.3) is 0 Å². The van der Waals surface area contributed by atoms with Gasteiger partial charge in [0.2, 0.25) is 0 Å². The van der Waals surface area contributed by atoms with Crippen LogP contribution in [0.3, 0.4) is 0 Å². The largest absolute Gasteiger partial charge is 0.480 e. The van der Waals surface area contributed by atoms with Crippen LogP contribution < -0.4 is 5.32 Å². The molecule has 20 heavy (non-hydrogen) atoms. The van der Waals surface area contributed by atoms with Crippen molar-refractivity contribution < 1.29 is 19.4 Å². The van der Waals surface area contributed by atoms with Gasteiger partial charge in [-0.25, -0.2) is 9.59 Å². The molecule has 1 atom stereocenters. The maximum atomic E-state index is 12.2. The zero-order valence-electron chi connectivity index (χ0n) is 12.1. The van der Waals surface area contributed by atoms with E-state index in [-0.39, 0.29) is 18.1 Å². The van der Waals surface area contributed by atoms with Crippen LogP contribution in [0.5, 0.6) is 0 Å². The second-order valence-corrected chi connectivity index (χ2v) is 6.15. The number of nitrogens with one attached hydrogen (secondary N) is 1. The van der Waals surface area contributed by atoms with Crippen LogP contribution in [0.25, 0.3) is 0 Å². The van der Waals surface area contributed by atoms with E-state index in [0.717, 1.165) is 12.8 Å². The summed E-state index contributed by atoms with van der Waals surface area (Å²) >= 11 is 0. The average molecular weight is 284 g/mol. The van der Waals surface area contributed by atoms with Crippen LogP contribution in [0.15, 0.2) is 0 Å². The number of ether oxygens (including phenoxy) is 1. The highest BCUT2D eigenvalue weighted by Gasteiger charge is 2.34. The second kappa shape index (κ2) is 6.43. The van der Waals surface area contributed by atoms with Crippen molar-refractivity contribution >= 4 is 12.0 Å². The second-order valence-electron chi connectivity index (χ2n) is 6.15. The standard InChI is InChI=1S/C14H24N2O4/c1-14(5-3-2-4-6-14)10-15-13(19)16-7-8-20-9-11(16)12(17)18/h11H,2-10H2,1H3,(H,15,19)(H,17,18). The fourth-order valence-electron chi connectivity index (χ4n) is 3.02. The zero-order chi connectivity index (χ0) is 14.6. The first-order chi connectivity index (χ1) is 9.52. The Morgan fingerprint density at radius 2 is 2.05 bits per heavy atom. The smallest absolute Gasteiger partial charge is 0.328 e. The van der Waals surface area contributed by atoms with Crippen LogP contribution in [0.1, 0.15) is 39.0 Å². The quantitative estimate of drug-likeness (QED) is 0.822. The van der Waals surface area contributed by atoms with Crippen LogP contribution in [0.4, 0.5) is 4.79 Å². The highest BCUT2D eigenvalue weighted by Crippen LogP contribution is 2.34. The van der Waals surface area contributed by atoms with Crippen molar-refractivity contribution in [3.05, 3.63) is 0 Å². The lowest BCUT2D eigenvalue weighted by molar-refractivity contribution is -0.147. The summed E-state index contributed by atoms with van der Waals surface area (Å²) in [5, 5.41) is 12.0. The first kappa shape index (κ1) is 15.1. The minimum atomic E-state index is -1.01. The normalized spacial score (nSPS) is 26.1. The van der Waals surface area contributed by atoms with Crippen LogP contribution in [0.2, 0.25) is 0 Å². The highest BCUT2D eigenvalue weighted by molar-refractivity contribution is 5.83. The first-order valence-corrected chi connectivity index (χ1v) is 7.37. The maximum absolute atomic E-state index is 12.2. The van der Waals surface area contributed by atoms with Crippen molar-refractivity contribution in [3.63, 3.8) is 0 Å². The number of aliphatic carboxylic acids is 1. The Morgan fingerprint density at radius 1 is 1.35 bits per heavy atom. The molecule has 1 saturated carbocycles. The van der Waals surface area contributed by atoms with Gasteiger partial charge in [-0.15, -0.1) is 0 Å². The van der Waals surface area contributed by atoms with Gasteiger partial charge >= 0.3 is 12.0 Å². The van der Waals surface area contributed by atoms with Crippen LogP contribution >= 0.6 is 0 Å². The van der Waals surface area contributed by atoms with Crippen molar-refractivity contribution in [2.24, 2.45) is 5.41 Å². The molecule has 2 N–H and O–H groups in total. The lowest BCUT2D eigenvalue weighted by atomic mass is 9.76. The van der Waals surface area contributed by atoms with Gasteiger partial charge in [-0.2, -0.15) is 0 Å². The van der Waals surface area contributed by atoms with E-state index >= 15 is 0 Å². The third kappa shape index (κ3) is 3.62. The number of hydrogen-bond acceptors (Lipinski definition) is 3. The van der Waals surface area contributed by atoms with Gasteiger partial charge in [0.05, 0.1) is 13.2 Å². The molecule has 2 aliphatic rings. The summed E-state index contributed by atoms with van der Waals surface area (Å²) in [7, 11) is 0. The van der Waals surface area contributed by atoms with Crippen molar-refractivity contribution in [2.75, 3.05) is 26.3 Å². The van der Waals surface area contributed by atoms with E-state index in [1.165, 1.54) is 24.2 Å². The molecule has 2 amide bonds. The average Bonchev–Trinajstić information content (AvgIpc) is 2.45. The van der Waals surface area contributed by atoms with E-state index in [4.69, 9.17) is 9.84 Å². The molecular formula is C14H24N2O4. The van der Waals surface area contributed by atoms with Gasteiger partial charge in [-0.3, -0.25) is 0 Å². The van der Waals surface area contributed by atoms with Crippen molar-refractivity contribution in [3.8, 4) is 0 Å². The first-order valence-electron chi connectivity index (χ1n) is 7.37. The topological polar surface area (TPSA) is 78.9 Å². The number of nitrogens with zero attached hydrogens (tertiary/aromatic N) is 1. The molecule has 0 bridgehead atoms. The molecule has 1 unspecified atom stereocenters. The summed E-state index contributed by atoms with van der Waals surface area (Å²) in [6.07, 6.45) is 5.94. The Kier molecular flexibility index (Phi) is 4.86. The molecule has 1 aliphatic heterocycles. The molecule has 6 heteroatoms. The number of urea groups is 1. The fraction of sp³-hybridized carbons (Fsp3) is 0.857. The predicted octanol–water partition coefficient (Wildman–Crippen LogP) is 1.45. The molecule has 0 spiro atoms. The van der Waals surface area contributed by atoms with E-state index in [9.17, 15) is 9.59 Å². The van der Waals surface area contributed by atoms with Crippen LogP contribution in [-0.4, -0.2) is 54.4 Å². The summed E-state index contributed by atoms with van der Waals surface area (Å²) < 4.78 is 5.14. The van der Waals surface area contributed by atoms with E-state index in [1.807, 2.05) is 0 Å². The lowest BCUT2D eigenvalue weighted by Crippen LogP contribution is -2.56. The Labute approximate surface area is 119 Å². The van der Waals surface area contributed by atoms with Gasteiger partial charge in [0.1, 0.15) is 0 Å². The number of amides is 2. The number of carboxylic acid groups (broad SMARTS) is 1. The van der Waals surface area contributed by atoms with Gasteiger partial charge < -0.3 is 20.1 Å². The molecule has 0 aromatic carbocycles. The van der Waals surface area contributed by atoms with E-state index < -0.39 is 12.0 Å². The summed E-state index contributed by atoms with van der Waals surface area (Å²) in [6, 6.07) is -1.16. The van der Waals surface area contributed by atoms with E-state index in [2.05, 4.69) is 12.2 Å². The summed E-state index contributed by atoms with van der Waals surface area (Å²) in [4.78, 5) is 24.7. The molecule has 0 aromatic rings. The molecular weight excluding hydrogens is 260 g/mol. The summed E-state index contributed by atoms with van der Waals surface area (Å²) in [5.41, 5.74) is 0.152. The third-order valence-corrected chi connectivity index (χ3v) is 4.40. The molecule has 1 heterocycles. The lowest BCUT2D eigenvalue weighted by Gasteiger charge is -2.36. The van der Waals surface area contributed by atoms with E-state index in [1.54, 1.807) is 0 Å². The molecule has 2 fully saturated rings. The van der Waals surface area contributed by atoms with Crippen molar-refractivity contribution in [2.45, 2.75) is 45.1 Å². The van der Waals surface area contributed by atoms with Gasteiger partial charge in [0.15, 0.2) is 6.04 Å². The maximum Gasteiger partial charge on any atom is 0.328 e. The fourth-order valence-corrected chi connectivity index (χ4v) is 3.02. The van der Waals surface area contributed by atoms with Crippen molar-refractivity contribution in [1.29, 1.82) is 0 Å². The Morgan fingerprint density at radius 3 is 2.70 bits per heavy atom. The van der Waals surface area contributed by atoms with Gasteiger partial charge in [0, 0.05) is 13.1 Å². The number of carboxylic acids is 1. The minimum absolute atomic E-state index is 0.0695. The molecule has 1 aliphatic carbocycles. The number of hydrogen-bond donors (Lipinski definition) is 2. The van der Waals surface area contributed by atoms with Crippen LogP contribution in [-0.2, 0) is 9.53 Å². The monoisotopic (exact) mass is 284 g/mol. The van der Waals surface area contributed by atoms with Crippen LogP contribution in [0, 0.1) is 5.41 Å². The Hall–Kier alpha value is -1.30. The minimum Gasteiger partial charge on any atom is -0.480 e. The molecule has 114 valence electrons. The number of morpholine rings is 1. The molecule has 1 saturated heterocycles. The van der Waals surface area contributed by atoms with Crippen molar-refractivity contribution in [1.82, 2.24) is 10.2 Å². The number of carbonyl (C=O) groups excluding carboxylic acids is 1. The number of rotatable bonds is 3. The molecule has 2 rings (SSSR count). The SMILES string of the molecule is CC1(CNC(=O)N2CCOCC2C(=O)O)CCCCC1. The Balaban J connectivity index is 1.88. The molecule has 6 nitrogen and oxygen atoms in total. The van der Waals surface area contributed by atoms with E-state index in [0.29, 0.717) is 19.7 Å². The zero-order valence-corrected chi connectivity index (χ0v) is 12.1. The Bertz CT molecular complexity index is 366.